The Labute approximate surface area is 207 Å². The van der Waals surface area contributed by atoms with E-state index in [2.05, 4.69) is 15.4 Å². The van der Waals surface area contributed by atoms with Crippen molar-refractivity contribution in [3.8, 4) is 10.6 Å². The van der Waals surface area contributed by atoms with Crippen LogP contribution in [0.4, 0.5) is 14.5 Å². The summed E-state index contributed by atoms with van der Waals surface area (Å²) < 4.78 is 34.4. The van der Waals surface area contributed by atoms with Crippen LogP contribution in [0.15, 0.2) is 53.9 Å². The fourth-order valence-corrected chi connectivity index (χ4v) is 4.50. The minimum absolute atomic E-state index is 0.0582. The third kappa shape index (κ3) is 4.88. The lowest BCUT2D eigenvalue weighted by molar-refractivity contribution is 0.0303. The number of rotatable bonds is 5. The van der Waals surface area contributed by atoms with Gasteiger partial charge in [0.05, 0.1) is 23.8 Å². The number of hydrogen-bond acceptors (Lipinski definition) is 6. The Morgan fingerprint density at radius 3 is 2.51 bits per heavy atom. The lowest BCUT2D eigenvalue weighted by atomic mass is 10.1. The first-order valence-electron chi connectivity index (χ1n) is 10.6. The number of carbonyl (C=O) groups is 2. The van der Waals surface area contributed by atoms with Crippen LogP contribution in [0.3, 0.4) is 0 Å². The number of carbonyl (C=O) groups excluding carboxylic acids is 2. The van der Waals surface area contributed by atoms with Crippen molar-refractivity contribution in [2.75, 3.05) is 31.6 Å². The quantitative estimate of drug-likeness (QED) is 0.395. The largest absolute Gasteiger partial charge is 0.378 e. The maximum Gasteiger partial charge on any atom is 0.364 e. The summed E-state index contributed by atoms with van der Waals surface area (Å²) >= 11 is 6.67. The molecule has 1 aromatic carbocycles. The first-order valence-corrected chi connectivity index (χ1v) is 11.9. The number of ether oxygens (including phenoxy) is 1. The molecule has 0 bridgehead atoms. The van der Waals surface area contributed by atoms with E-state index >= 15 is 0 Å². The number of halogens is 3. The van der Waals surface area contributed by atoms with Crippen molar-refractivity contribution < 1.29 is 23.1 Å². The van der Waals surface area contributed by atoms with Crippen molar-refractivity contribution in [3.63, 3.8) is 0 Å². The summed E-state index contributed by atoms with van der Waals surface area (Å²) in [6.07, 6.45) is 0. The summed E-state index contributed by atoms with van der Waals surface area (Å²) in [4.78, 5) is 32.1. The monoisotopic (exact) mass is 517 g/mol. The van der Waals surface area contributed by atoms with Crippen LogP contribution in [0.1, 0.15) is 26.5 Å². The third-order valence-corrected chi connectivity index (χ3v) is 6.50. The summed E-state index contributed by atoms with van der Waals surface area (Å²) in [5, 5.41) is 4.75. The molecule has 1 aliphatic rings. The molecule has 5 rings (SSSR count). The minimum atomic E-state index is -3.73. The number of nitrogens with zero attached hydrogens (tertiary/aromatic N) is 4. The fraction of sp³-hybridized carbons (Fsp3) is 0.217. The van der Waals surface area contributed by atoms with Gasteiger partial charge >= 0.3 is 5.38 Å². The van der Waals surface area contributed by atoms with Crippen LogP contribution in [-0.4, -0.2) is 57.6 Å². The predicted octanol–water partition coefficient (Wildman–Crippen LogP) is 4.47. The lowest BCUT2D eigenvalue weighted by Crippen LogP contribution is -2.40. The third-order valence-electron chi connectivity index (χ3n) is 5.41. The molecule has 2 amide bonds. The van der Waals surface area contributed by atoms with Gasteiger partial charge in [-0.1, -0.05) is 6.07 Å². The Kier molecular flexibility index (Phi) is 6.22. The molecule has 3 aromatic heterocycles. The zero-order valence-electron chi connectivity index (χ0n) is 18.1. The second-order valence-electron chi connectivity index (χ2n) is 7.74. The summed E-state index contributed by atoms with van der Waals surface area (Å²) in [6.45, 7) is 2.05. The molecule has 0 aliphatic carbocycles. The molecule has 12 heteroatoms. The zero-order chi connectivity index (χ0) is 24.6. The van der Waals surface area contributed by atoms with Crippen molar-refractivity contribution >= 4 is 46.1 Å². The van der Waals surface area contributed by atoms with Crippen molar-refractivity contribution in [2.24, 2.45) is 0 Å². The normalized spacial score (nSPS) is 14.3. The van der Waals surface area contributed by atoms with Crippen LogP contribution >= 0.6 is 22.9 Å². The molecule has 1 N–H and O–H groups in total. The van der Waals surface area contributed by atoms with E-state index < -0.39 is 17.0 Å². The lowest BCUT2D eigenvalue weighted by Gasteiger charge is -2.26. The SMILES string of the molecule is O=C(Nc1ccc(C(=O)N2CCOCC2)cc1)c1cc2nc(-c3cccs3)cc(C(F)(F)Cl)n2n1. The molecule has 0 spiro atoms. The average Bonchev–Trinajstić information content (AvgIpc) is 3.53. The number of hydrogen-bond donors (Lipinski definition) is 1. The molecule has 4 heterocycles. The highest BCUT2D eigenvalue weighted by Gasteiger charge is 2.33. The molecular formula is C23H18ClF2N5O3S. The Morgan fingerprint density at radius 1 is 1.11 bits per heavy atom. The van der Waals surface area contributed by atoms with Gasteiger partial charge in [-0.15, -0.1) is 11.3 Å². The molecule has 35 heavy (non-hydrogen) atoms. The number of amides is 2. The van der Waals surface area contributed by atoms with Gasteiger partial charge < -0.3 is 15.0 Å². The first kappa shape index (κ1) is 23.3. The molecule has 1 saturated heterocycles. The minimum Gasteiger partial charge on any atom is -0.378 e. The van der Waals surface area contributed by atoms with E-state index in [1.807, 2.05) is 0 Å². The van der Waals surface area contributed by atoms with Gasteiger partial charge in [-0.3, -0.25) is 9.59 Å². The Bertz CT molecular complexity index is 1380. The van der Waals surface area contributed by atoms with Gasteiger partial charge in [0, 0.05) is 30.4 Å². The first-order chi connectivity index (χ1) is 16.8. The second-order valence-corrected chi connectivity index (χ2v) is 9.16. The number of benzene rings is 1. The summed E-state index contributed by atoms with van der Waals surface area (Å²) in [7, 11) is 0. The Hall–Kier alpha value is -3.41. The molecule has 1 aliphatic heterocycles. The van der Waals surface area contributed by atoms with Gasteiger partial charge in [0.25, 0.3) is 11.8 Å². The van der Waals surface area contributed by atoms with E-state index in [1.54, 1.807) is 46.7 Å². The number of nitrogens with one attached hydrogen (secondary N) is 1. The molecule has 0 atom stereocenters. The Balaban J connectivity index is 1.38. The van der Waals surface area contributed by atoms with Crippen LogP contribution < -0.4 is 5.32 Å². The molecule has 8 nitrogen and oxygen atoms in total. The molecular weight excluding hydrogens is 500 g/mol. The van der Waals surface area contributed by atoms with Crippen LogP contribution in [-0.2, 0) is 10.1 Å². The van der Waals surface area contributed by atoms with Crippen molar-refractivity contribution in [3.05, 3.63) is 70.9 Å². The summed E-state index contributed by atoms with van der Waals surface area (Å²) in [6, 6.07) is 12.4. The number of thiophene rings is 1. The maximum atomic E-state index is 14.1. The van der Waals surface area contributed by atoms with Gasteiger partial charge in [0.15, 0.2) is 11.3 Å². The van der Waals surface area contributed by atoms with Crippen molar-refractivity contribution in [2.45, 2.75) is 5.38 Å². The van der Waals surface area contributed by atoms with Gasteiger partial charge in [-0.05, 0) is 53.4 Å². The summed E-state index contributed by atoms with van der Waals surface area (Å²) in [5.41, 5.74) is 0.546. The average molecular weight is 518 g/mol. The molecule has 0 radical (unpaired) electrons. The van der Waals surface area contributed by atoms with E-state index in [9.17, 15) is 18.4 Å². The highest BCUT2D eigenvalue weighted by atomic mass is 35.5. The van der Waals surface area contributed by atoms with Crippen LogP contribution in [0.25, 0.3) is 16.2 Å². The number of fused-ring (bicyclic) bond motifs is 1. The van der Waals surface area contributed by atoms with Crippen molar-refractivity contribution in [1.82, 2.24) is 19.5 Å². The van der Waals surface area contributed by atoms with Gasteiger partial charge in [-0.2, -0.15) is 13.9 Å². The summed E-state index contributed by atoms with van der Waals surface area (Å²) in [5.74, 6) is -0.738. The maximum absolute atomic E-state index is 14.1. The van der Waals surface area contributed by atoms with Gasteiger partial charge in [-0.25, -0.2) is 9.50 Å². The van der Waals surface area contributed by atoms with E-state index in [0.717, 1.165) is 10.6 Å². The van der Waals surface area contributed by atoms with E-state index in [-0.39, 0.29) is 17.2 Å². The standard InChI is InChI=1S/C23H18ClF2N5O3S/c24-23(25,26)19-12-16(18-2-1-11-35-18)28-20-13-17(29-31(19)20)21(32)27-15-5-3-14(4-6-15)22(33)30-7-9-34-10-8-30/h1-6,11-13H,7-10H2,(H,27,32). The van der Waals surface area contributed by atoms with Gasteiger partial charge in [0.2, 0.25) is 0 Å². The number of aromatic nitrogens is 3. The van der Waals surface area contributed by atoms with Crippen LogP contribution in [0.5, 0.6) is 0 Å². The second kappa shape index (κ2) is 9.33. The smallest absolute Gasteiger partial charge is 0.364 e. The van der Waals surface area contributed by atoms with E-state index in [4.69, 9.17) is 16.3 Å². The fourth-order valence-electron chi connectivity index (χ4n) is 3.68. The van der Waals surface area contributed by atoms with Crippen molar-refractivity contribution in [1.29, 1.82) is 0 Å². The molecule has 4 aromatic rings. The highest BCUT2D eigenvalue weighted by molar-refractivity contribution is 7.13. The van der Waals surface area contributed by atoms with E-state index in [0.29, 0.717) is 48.1 Å². The van der Waals surface area contributed by atoms with E-state index in [1.165, 1.54) is 17.4 Å². The molecule has 1 fully saturated rings. The molecule has 0 saturated carbocycles. The topological polar surface area (TPSA) is 88.8 Å². The number of alkyl halides is 3. The Morgan fingerprint density at radius 2 is 1.86 bits per heavy atom. The van der Waals surface area contributed by atoms with Crippen LogP contribution in [0.2, 0.25) is 0 Å². The zero-order valence-corrected chi connectivity index (χ0v) is 19.7. The van der Waals surface area contributed by atoms with Crippen LogP contribution in [0, 0.1) is 0 Å². The van der Waals surface area contributed by atoms with Gasteiger partial charge in [0.1, 0.15) is 5.69 Å². The molecule has 0 unspecified atom stereocenters. The predicted molar refractivity (Wildman–Crippen MR) is 127 cm³/mol. The number of morpholine rings is 1. The number of anilines is 1. The highest BCUT2D eigenvalue weighted by Crippen LogP contribution is 2.35. The molecule has 180 valence electrons.